The van der Waals surface area contributed by atoms with E-state index in [1.54, 1.807) is 24.5 Å². The van der Waals surface area contributed by atoms with E-state index in [2.05, 4.69) is 31.9 Å². The zero-order chi connectivity index (χ0) is 25.2. The molecule has 0 spiro atoms. The Morgan fingerprint density at radius 2 is 2.11 bits per heavy atom. The van der Waals surface area contributed by atoms with Gasteiger partial charge in [-0.3, -0.25) is 9.69 Å². The monoisotopic (exact) mass is 502 g/mol. The Labute approximate surface area is 212 Å². The largest absolute Gasteiger partial charge is 0.497 e. The predicted molar refractivity (Wildman–Crippen MR) is 139 cm³/mol. The summed E-state index contributed by atoms with van der Waals surface area (Å²) in [4.78, 5) is 18.6. The standard InChI is InChI=1S/C27H38N2O5S/c1-5-11-28(15-21(30)18-33-17-20(2)3)16-27(31)29-12-9-26-24(10-13-35-26)25(29)19-34-23-8-6-7-22(14-23)32-4/h5-8,10,13-14,20-21,25,30H,1,9,11-12,15-19H2,2-4H3/t21-,25+/m0/s1. The quantitative estimate of drug-likeness (QED) is 0.397. The van der Waals surface area contributed by atoms with E-state index < -0.39 is 6.10 Å². The van der Waals surface area contributed by atoms with Crippen LogP contribution in [-0.2, 0) is 16.0 Å². The van der Waals surface area contributed by atoms with Crippen LogP contribution >= 0.6 is 11.3 Å². The second-order valence-corrected chi connectivity index (χ2v) is 10.2. The summed E-state index contributed by atoms with van der Waals surface area (Å²) in [7, 11) is 1.63. The van der Waals surface area contributed by atoms with Gasteiger partial charge in [0.2, 0.25) is 5.91 Å². The molecule has 0 saturated carbocycles. The first-order valence-electron chi connectivity index (χ1n) is 12.1. The minimum absolute atomic E-state index is 0.0123. The normalized spacial score (nSPS) is 16.3. The van der Waals surface area contributed by atoms with Crippen molar-refractivity contribution in [1.82, 2.24) is 9.80 Å². The third-order valence-electron chi connectivity index (χ3n) is 5.84. The molecule has 2 aromatic rings. The van der Waals surface area contributed by atoms with Gasteiger partial charge in [-0.1, -0.05) is 26.0 Å². The molecule has 1 amide bonds. The first-order chi connectivity index (χ1) is 16.9. The van der Waals surface area contributed by atoms with Crippen LogP contribution in [0, 0.1) is 5.92 Å². The molecule has 1 aliphatic heterocycles. The molecule has 7 nitrogen and oxygen atoms in total. The zero-order valence-electron chi connectivity index (χ0n) is 21.0. The molecule has 35 heavy (non-hydrogen) atoms. The van der Waals surface area contributed by atoms with Gasteiger partial charge in [0, 0.05) is 37.2 Å². The van der Waals surface area contributed by atoms with Gasteiger partial charge in [0.25, 0.3) is 0 Å². The molecule has 2 atom stereocenters. The van der Waals surface area contributed by atoms with E-state index in [0.717, 1.165) is 17.7 Å². The fourth-order valence-electron chi connectivity index (χ4n) is 4.20. The van der Waals surface area contributed by atoms with Gasteiger partial charge in [-0.2, -0.15) is 0 Å². The summed E-state index contributed by atoms with van der Waals surface area (Å²) in [5, 5.41) is 12.5. The lowest BCUT2D eigenvalue weighted by Crippen LogP contribution is -2.48. The van der Waals surface area contributed by atoms with Crippen LogP contribution in [0.3, 0.4) is 0 Å². The number of nitrogens with zero attached hydrogens (tertiary/aromatic N) is 2. The van der Waals surface area contributed by atoms with Crippen molar-refractivity contribution in [1.29, 1.82) is 0 Å². The molecular formula is C27H38N2O5S. The summed E-state index contributed by atoms with van der Waals surface area (Å²) in [6.45, 7) is 10.9. The Bertz CT molecular complexity index is 947. The number of aliphatic hydroxyl groups is 1. The summed E-state index contributed by atoms with van der Waals surface area (Å²) in [5.41, 5.74) is 1.15. The van der Waals surface area contributed by atoms with Crippen LogP contribution in [0.15, 0.2) is 48.4 Å². The Hall–Kier alpha value is -2.39. The maximum absolute atomic E-state index is 13.5. The fraction of sp³-hybridized carbons (Fsp3) is 0.519. The van der Waals surface area contributed by atoms with Crippen molar-refractivity contribution in [3.05, 3.63) is 58.8 Å². The van der Waals surface area contributed by atoms with Gasteiger partial charge in [0.1, 0.15) is 18.1 Å². The zero-order valence-corrected chi connectivity index (χ0v) is 21.8. The number of rotatable bonds is 14. The van der Waals surface area contributed by atoms with Gasteiger partial charge >= 0.3 is 0 Å². The minimum Gasteiger partial charge on any atom is -0.497 e. The molecule has 1 aromatic heterocycles. The van der Waals surface area contributed by atoms with Crippen LogP contribution < -0.4 is 9.47 Å². The lowest BCUT2D eigenvalue weighted by molar-refractivity contribution is -0.136. The lowest BCUT2D eigenvalue weighted by Gasteiger charge is -2.37. The molecule has 0 saturated heterocycles. The number of methoxy groups -OCH3 is 1. The fourth-order valence-corrected chi connectivity index (χ4v) is 5.13. The Kier molecular flexibility index (Phi) is 10.6. The SMILES string of the molecule is C=CCN(CC(=O)N1CCc2sccc2[C@H]1COc1cccc(OC)c1)C[C@H](O)COCC(C)C. The summed E-state index contributed by atoms with van der Waals surface area (Å²) in [5.74, 6) is 1.85. The predicted octanol–water partition coefficient (Wildman–Crippen LogP) is 3.78. The van der Waals surface area contributed by atoms with Crippen molar-refractivity contribution in [3.8, 4) is 11.5 Å². The molecule has 0 radical (unpaired) electrons. The molecule has 3 rings (SSSR count). The Morgan fingerprint density at radius 3 is 2.86 bits per heavy atom. The third kappa shape index (κ3) is 8.07. The number of benzene rings is 1. The van der Waals surface area contributed by atoms with E-state index in [4.69, 9.17) is 14.2 Å². The highest BCUT2D eigenvalue weighted by atomic mass is 32.1. The Morgan fingerprint density at radius 1 is 1.31 bits per heavy atom. The highest BCUT2D eigenvalue weighted by Gasteiger charge is 2.33. The van der Waals surface area contributed by atoms with E-state index in [0.29, 0.717) is 44.5 Å². The number of thiophene rings is 1. The van der Waals surface area contributed by atoms with E-state index in [1.165, 1.54) is 4.88 Å². The van der Waals surface area contributed by atoms with Crippen LogP contribution in [0.1, 0.15) is 30.3 Å². The number of hydrogen-bond donors (Lipinski definition) is 1. The molecule has 1 aliphatic rings. The van der Waals surface area contributed by atoms with Gasteiger partial charge in [-0.15, -0.1) is 17.9 Å². The van der Waals surface area contributed by atoms with E-state index in [1.807, 2.05) is 34.1 Å². The number of aliphatic hydroxyl groups excluding tert-OH is 1. The average molecular weight is 503 g/mol. The van der Waals surface area contributed by atoms with Gasteiger partial charge in [0.05, 0.1) is 32.4 Å². The maximum Gasteiger partial charge on any atom is 0.237 e. The second-order valence-electron chi connectivity index (χ2n) is 9.21. The highest BCUT2D eigenvalue weighted by Crippen LogP contribution is 2.34. The Balaban J connectivity index is 1.66. The van der Waals surface area contributed by atoms with Gasteiger partial charge in [0.15, 0.2) is 0 Å². The van der Waals surface area contributed by atoms with Crippen LogP contribution in [0.5, 0.6) is 11.5 Å². The van der Waals surface area contributed by atoms with Crippen LogP contribution in [0.4, 0.5) is 0 Å². The number of ether oxygens (including phenoxy) is 3. The highest BCUT2D eigenvalue weighted by molar-refractivity contribution is 7.10. The van der Waals surface area contributed by atoms with E-state index in [-0.39, 0.29) is 25.1 Å². The first kappa shape index (κ1) is 27.2. The van der Waals surface area contributed by atoms with Crippen molar-refractivity contribution < 1.29 is 24.1 Å². The third-order valence-corrected chi connectivity index (χ3v) is 6.84. The molecule has 0 aliphatic carbocycles. The number of fused-ring (bicyclic) bond motifs is 1. The smallest absolute Gasteiger partial charge is 0.237 e. The van der Waals surface area contributed by atoms with Crippen LogP contribution in [0.25, 0.3) is 0 Å². The van der Waals surface area contributed by atoms with Crippen molar-refractivity contribution in [2.24, 2.45) is 5.92 Å². The van der Waals surface area contributed by atoms with Gasteiger partial charge < -0.3 is 24.2 Å². The molecule has 0 bridgehead atoms. The van der Waals surface area contributed by atoms with E-state index in [9.17, 15) is 9.90 Å². The van der Waals surface area contributed by atoms with Crippen molar-refractivity contribution >= 4 is 17.2 Å². The molecule has 1 aromatic carbocycles. The molecule has 0 unspecified atom stereocenters. The number of amides is 1. The summed E-state index contributed by atoms with van der Waals surface area (Å²) >= 11 is 1.73. The summed E-state index contributed by atoms with van der Waals surface area (Å²) in [6.07, 6.45) is 1.92. The van der Waals surface area contributed by atoms with Crippen LogP contribution in [0.2, 0.25) is 0 Å². The topological polar surface area (TPSA) is 71.5 Å². The van der Waals surface area contributed by atoms with E-state index >= 15 is 0 Å². The molecule has 1 N–H and O–H groups in total. The minimum atomic E-state index is -0.668. The molecule has 0 fully saturated rings. The van der Waals surface area contributed by atoms with Crippen molar-refractivity contribution in [2.45, 2.75) is 32.4 Å². The molecule has 192 valence electrons. The number of hydrogen-bond acceptors (Lipinski definition) is 7. The van der Waals surface area contributed by atoms with Crippen LogP contribution in [-0.4, -0.2) is 80.0 Å². The second kappa shape index (κ2) is 13.6. The molecular weight excluding hydrogens is 464 g/mol. The van der Waals surface area contributed by atoms with Crippen molar-refractivity contribution in [3.63, 3.8) is 0 Å². The van der Waals surface area contributed by atoms with Gasteiger partial charge in [-0.05, 0) is 41.5 Å². The summed E-state index contributed by atoms with van der Waals surface area (Å²) < 4.78 is 17.0. The molecule has 2 heterocycles. The summed E-state index contributed by atoms with van der Waals surface area (Å²) in [6, 6.07) is 9.41. The number of carbonyl (C=O) groups is 1. The number of carbonyl (C=O) groups excluding carboxylic acids is 1. The molecule has 8 heteroatoms. The first-order valence-corrected chi connectivity index (χ1v) is 13.0. The average Bonchev–Trinajstić information content (AvgIpc) is 3.31. The maximum atomic E-state index is 13.5. The van der Waals surface area contributed by atoms with Crippen molar-refractivity contribution in [2.75, 3.05) is 53.1 Å². The van der Waals surface area contributed by atoms with Gasteiger partial charge in [-0.25, -0.2) is 0 Å². The lowest BCUT2D eigenvalue weighted by atomic mass is 10.0.